The summed E-state index contributed by atoms with van der Waals surface area (Å²) >= 11 is 0. The van der Waals surface area contributed by atoms with Crippen LogP contribution in [0.2, 0.25) is 0 Å². The van der Waals surface area contributed by atoms with Crippen LogP contribution >= 0.6 is 0 Å². The van der Waals surface area contributed by atoms with Crippen molar-refractivity contribution in [2.45, 2.75) is 26.4 Å². The van der Waals surface area contributed by atoms with Crippen LogP contribution in [-0.2, 0) is 4.74 Å². The number of ether oxygens (including phenoxy) is 3. The van der Waals surface area contributed by atoms with Crippen LogP contribution in [0, 0.1) is 0 Å². The van der Waals surface area contributed by atoms with Gasteiger partial charge in [0, 0.05) is 18.7 Å². The second-order valence-electron chi connectivity index (χ2n) is 8.31. The fraction of sp³-hybridized carbons (Fsp3) is 0.308. The summed E-state index contributed by atoms with van der Waals surface area (Å²) in [4.78, 5) is 22.6. The number of nitrogens with one attached hydrogen (secondary N) is 1. The molecule has 0 saturated carbocycles. The SMILES string of the molecule is COc1cccc(/C=N\n2c(N)c(C(=O)NCCCOC(C)C)c3nc4ccccc4nc32)c1OC. The van der Waals surface area contributed by atoms with Crippen LogP contribution in [0.4, 0.5) is 5.82 Å². The molecule has 36 heavy (non-hydrogen) atoms. The molecule has 0 aliphatic carbocycles. The van der Waals surface area contributed by atoms with Crippen molar-refractivity contribution in [3.63, 3.8) is 0 Å². The molecule has 10 heteroatoms. The predicted octanol–water partition coefficient (Wildman–Crippen LogP) is 3.61. The largest absolute Gasteiger partial charge is 0.493 e. The minimum Gasteiger partial charge on any atom is -0.493 e. The number of carbonyl (C=O) groups excluding carboxylic acids is 1. The maximum absolute atomic E-state index is 13.2. The number of carbonyl (C=O) groups is 1. The normalized spacial score (nSPS) is 11.6. The highest BCUT2D eigenvalue weighted by atomic mass is 16.5. The van der Waals surface area contributed by atoms with Crippen molar-refractivity contribution in [3.8, 4) is 11.5 Å². The van der Waals surface area contributed by atoms with E-state index in [-0.39, 0.29) is 23.4 Å². The quantitative estimate of drug-likeness (QED) is 0.257. The van der Waals surface area contributed by atoms with Crippen LogP contribution in [0.15, 0.2) is 47.6 Å². The Bertz CT molecular complexity index is 1410. The molecule has 1 amide bonds. The first kappa shape index (κ1) is 24.9. The van der Waals surface area contributed by atoms with Crippen LogP contribution in [0.5, 0.6) is 11.5 Å². The summed E-state index contributed by atoms with van der Waals surface area (Å²) in [7, 11) is 3.12. The topological polar surface area (TPSA) is 126 Å². The molecule has 0 unspecified atom stereocenters. The van der Waals surface area contributed by atoms with E-state index in [1.807, 2.05) is 50.2 Å². The molecule has 0 aliphatic rings. The Morgan fingerprint density at radius 3 is 2.56 bits per heavy atom. The standard InChI is InChI=1S/C26H30N6O4/c1-16(2)36-14-8-13-28-26(33)21-22-25(31-19-11-6-5-10-18(19)30-22)32(24(21)27)29-15-17-9-7-12-20(34-3)23(17)35-4/h5-7,9-12,15-16H,8,13-14,27H2,1-4H3,(H,28,33)/b29-15-. The maximum atomic E-state index is 13.2. The Labute approximate surface area is 209 Å². The number of nitrogens with two attached hydrogens (primary N) is 1. The molecule has 0 spiro atoms. The Balaban J connectivity index is 1.75. The summed E-state index contributed by atoms with van der Waals surface area (Å²) in [6.45, 7) is 4.92. The molecular weight excluding hydrogens is 460 g/mol. The summed E-state index contributed by atoms with van der Waals surface area (Å²) in [5, 5.41) is 7.46. The molecule has 2 aromatic carbocycles. The molecule has 3 N–H and O–H groups in total. The van der Waals surface area contributed by atoms with Gasteiger partial charge in [-0.1, -0.05) is 18.2 Å². The number of hydrogen-bond donors (Lipinski definition) is 2. The Hall–Kier alpha value is -4.18. The van der Waals surface area contributed by atoms with Gasteiger partial charge in [-0.3, -0.25) is 4.79 Å². The maximum Gasteiger partial charge on any atom is 0.257 e. The monoisotopic (exact) mass is 490 g/mol. The molecular formula is C26H30N6O4. The summed E-state index contributed by atoms with van der Waals surface area (Å²) in [5.74, 6) is 0.880. The van der Waals surface area contributed by atoms with E-state index in [4.69, 9.17) is 29.9 Å². The van der Waals surface area contributed by atoms with E-state index in [0.29, 0.717) is 58.8 Å². The number of benzene rings is 2. The fourth-order valence-corrected chi connectivity index (χ4v) is 3.80. The van der Waals surface area contributed by atoms with E-state index >= 15 is 0 Å². The molecule has 0 aliphatic heterocycles. The number of aromatic nitrogens is 3. The smallest absolute Gasteiger partial charge is 0.257 e. The van der Waals surface area contributed by atoms with Gasteiger partial charge in [-0.15, -0.1) is 0 Å². The van der Waals surface area contributed by atoms with Crippen molar-refractivity contribution in [3.05, 3.63) is 53.6 Å². The van der Waals surface area contributed by atoms with E-state index < -0.39 is 0 Å². The van der Waals surface area contributed by atoms with Gasteiger partial charge in [-0.2, -0.15) is 9.78 Å². The number of hydrogen-bond acceptors (Lipinski definition) is 8. The third-order valence-corrected chi connectivity index (χ3v) is 5.50. The summed E-state index contributed by atoms with van der Waals surface area (Å²) < 4.78 is 17.8. The molecule has 0 bridgehead atoms. The van der Waals surface area contributed by atoms with Gasteiger partial charge in [0.1, 0.15) is 16.9 Å². The highest BCUT2D eigenvalue weighted by Crippen LogP contribution is 2.31. The van der Waals surface area contributed by atoms with Crippen molar-refractivity contribution in [2.75, 3.05) is 33.1 Å². The Morgan fingerprint density at radius 2 is 1.86 bits per heavy atom. The first-order chi connectivity index (χ1) is 17.4. The van der Waals surface area contributed by atoms with Gasteiger partial charge in [-0.25, -0.2) is 9.97 Å². The second-order valence-corrected chi connectivity index (χ2v) is 8.31. The van der Waals surface area contributed by atoms with E-state index in [1.165, 1.54) is 4.68 Å². The summed E-state index contributed by atoms with van der Waals surface area (Å²) in [6.07, 6.45) is 2.39. The number of para-hydroxylation sites is 3. The molecule has 0 atom stereocenters. The van der Waals surface area contributed by atoms with Gasteiger partial charge < -0.3 is 25.3 Å². The van der Waals surface area contributed by atoms with E-state index in [9.17, 15) is 4.79 Å². The number of amides is 1. The first-order valence-electron chi connectivity index (χ1n) is 11.7. The Morgan fingerprint density at radius 1 is 1.11 bits per heavy atom. The van der Waals surface area contributed by atoms with E-state index in [1.54, 1.807) is 26.5 Å². The van der Waals surface area contributed by atoms with Crippen LogP contribution < -0.4 is 20.5 Å². The number of rotatable bonds is 10. The van der Waals surface area contributed by atoms with Crippen LogP contribution in [-0.4, -0.2) is 60.2 Å². The fourth-order valence-electron chi connectivity index (χ4n) is 3.80. The van der Waals surface area contributed by atoms with E-state index in [0.717, 1.165) is 0 Å². The molecule has 0 fully saturated rings. The highest BCUT2D eigenvalue weighted by molar-refractivity contribution is 6.10. The molecule has 2 aromatic heterocycles. The average molecular weight is 491 g/mol. The number of fused-ring (bicyclic) bond motifs is 2. The lowest BCUT2D eigenvalue weighted by Crippen LogP contribution is -2.26. The third kappa shape index (κ3) is 5.08. The molecule has 2 heterocycles. The van der Waals surface area contributed by atoms with Crippen molar-refractivity contribution in [1.29, 1.82) is 0 Å². The van der Waals surface area contributed by atoms with Crippen molar-refractivity contribution >= 4 is 40.1 Å². The van der Waals surface area contributed by atoms with Crippen LogP contribution in [0.3, 0.4) is 0 Å². The van der Waals surface area contributed by atoms with E-state index in [2.05, 4.69) is 10.4 Å². The number of methoxy groups -OCH3 is 2. The lowest BCUT2D eigenvalue weighted by atomic mass is 10.2. The first-order valence-corrected chi connectivity index (χ1v) is 11.7. The van der Waals surface area contributed by atoms with Gasteiger partial charge in [-0.05, 0) is 44.5 Å². The minimum absolute atomic E-state index is 0.134. The average Bonchev–Trinajstić information content (AvgIpc) is 3.14. The third-order valence-electron chi connectivity index (χ3n) is 5.50. The number of anilines is 1. The molecule has 10 nitrogen and oxygen atoms in total. The number of nitrogens with zero attached hydrogens (tertiary/aromatic N) is 4. The number of nitrogen functional groups attached to an aromatic ring is 1. The molecule has 4 aromatic rings. The lowest BCUT2D eigenvalue weighted by molar-refractivity contribution is 0.0757. The van der Waals surface area contributed by atoms with Gasteiger partial charge in [0.05, 0.1) is 37.6 Å². The predicted molar refractivity (Wildman–Crippen MR) is 140 cm³/mol. The zero-order chi connectivity index (χ0) is 25.7. The van der Waals surface area contributed by atoms with Gasteiger partial charge in [0.2, 0.25) is 0 Å². The summed E-state index contributed by atoms with van der Waals surface area (Å²) in [6, 6.07) is 12.9. The minimum atomic E-state index is -0.348. The van der Waals surface area contributed by atoms with Crippen LogP contribution in [0.25, 0.3) is 22.2 Å². The van der Waals surface area contributed by atoms with Gasteiger partial charge in [0.25, 0.3) is 5.91 Å². The molecule has 4 rings (SSSR count). The van der Waals surface area contributed by atoms with Crippen molar-refractivity contribution in [2.24, 2.45) is 5.10 Å². The van der Waals surface area contributed by atoms with Gasteiger partial charge in [0.15, 0.2) is 17.1 Å². The molecule has 188 valence electrons. The lowest BCUT2D eigenvalue weighted by Gasteiger charge is -2.09. The van der Waals surface area contributed by atoms with Crippen molar-refractivity contribution in [1.82, 2.24) is 20.0 Å². The highest BCUT2D eigenvalue weighted by Gasteiger charge is 2.24. The Kier molecular flexibility index (Phi) is 7.65. The zero-order valence-corrected chi connectivity index (χ0v) is 20.8. The zero-order valence-electron chi connectivity index (χ0n) is 20.8. The summed E-state index contributed by atoms with van der Waals surface area (Å²) in [5.41, 5.74) is 9.42. The molecule has 0 saturated heterocycles. The van der Waals surface area contributed by atoms with Crippen molar-refractivity contribution < 1.29 is 19.0 Å². The molecule has 0 radical (unpaired) electrons. The van der Waals surface area contributed by atoms with Crippen LogP contribution in [0.1, 0.15) is 36.2 Å². The van der Waals surface area contributed by atoms with Gasteiger partial charge >= 0.3 is 0 Å². The second kappa shape index (κ2) is 11.0.